The number of nitrogens with zero attached hydrogens (tertiary/aromatic N) is 3. The van der Waals surface area contributed by atoms with Gasteiger partial charge in [-0.15, -0.1) is 0 Å². The second kappa shape index (κ2) is 9.13. The molecule has 6 rings (SSSR count). The fourth-order valence-electron chi connectivity index (χ4n) is 4.43. The number of hydrogen-bond donors (Lipinski definition) is 0. The monoisotopic (exact) mass is 469 g/mol. The summed E-state index contributed by atoms with van der Waals surface area (Å²) in [6, 6.07) is 41.3. The quantitative estimate of drug-likeness (QED) is 0.260. The van der Waals surface area contributed by atoms with Gasteiger partial charge in [0.25, 0.3) is 0 Å². The topological polar surface area (TPSA) is 38.7 Å². The molecule has 1 aromatic heterocycles. The zero-order valence-corrected chi connectivity index (χ0v) is 19.5. The molecule has 0 fully saturated rings. The Morgan fingerprint density at radius 2 is 0.943 bits per heavy atom. The van der Waals surface area contributed by atoms with Crippen LogP contribution in [0.2, 0.25) is 5.28 Å². The second-order valence-electron chi connectivity index (χ2n) is 8.27. The zero-order chi connectivity index (χ0) is 23.6. The standard InChI is InChI=1S/C31H20ClN3/c32-31-34-29(24-15-9-14-23(20-24)21-10-3-1-4-11-21)33-30(35-31)28-19-18-25(22-12-5-2-6-13-22)26-16-7-8-17-27(26)28/h1-20H. The van der Waals surface area contributed by atoms with E-state index in [9.17, 15) is 0 Å². The Hall–Kier alpha value is -4.34. The first kappa shape index (κ1) is 21.2. The van der Waals surface area contributed by atoms with Gasteiger partial charge < -0.3 is 0 Å². The van der Waals surface area contributed by atoms with E-state index in [1.807, 2.05) is 42.5 Å². The molecule has 0 radical (unpaired) electrons. The number of hydrogen-bond acceptors (Lipinski definition) is 3. The molecule has 0 aliphatic heterocycles. The summed E-state index contributed by atoms with van der Waals surface area (Å²) in [4.78, 5) is 13.8. The van der Waals surface area contributed by atoms with Crippen molar-refractivity contribution in [2.45, 2.75) is 0 Å². The first-order valence-electron chi connectivity index (χ1n) is 11.4. The molecule has 4 heteroatoms. The van der Waals surface area contributed by atoms with Crippen molar-refractivity contribution in [1.29, 1.82) is 0 Å². The van der Waals surface area contributed by atoms with E-state index >= 15 is 0 Å². The van der Waals surface area contributed by atoms with E-state index in [-0.39, 0.29) is 5.28 Å². The Balaban J connectivity index is 1.49. The fourth-order valence-corrected chi connectivity index (χ4v) is 4.59. The van der Waals surface area contributed by atoms with Crippen LogP contribution in [0, 0.1) is 0 Å². The average molecular weight is 470 g/mol. The van der Waals surface area contributed by atoms with Gasteiger partial charge >= 0.3 is 0 Å². The maximum Gasteiger partial charge on any atom is 0.226 e. The van der Waals surface area contributed by atoms with Crippen LogP contribution in [0.5, 0.6) is 0 Å². The van der Waals surface area contributed by atoms with Gasteiger partial charge in [-0.05, 0) is 56.8 Å². The van der Waals surface area contributed by atoms with E-state index in [1.165, 1.54) is 11.1 Å². The molecule has 0 spiro atoms. The van der Waals surface area contributed by atoms with Gasteiger partial charge in [-0.2, -0.15) is 9.97 Å². The molecule has 166 valence electrons. The number of halogens is 1. The molecule has 0 atom stereocenters. The van der Waals surface area contributed by atoms with Crippen molar-refractivity contribution < 1.29 is 0 Å². The van der Waals surface area contributed by atoms with Crippen molar-refractivity contribution in [3.05, 3.63) is 127 Å². The minimum absolute atomic E-state index is 0.173. The second-order valence-corrected chi connectivity index (χ2v) is 8.61. The highest BCUT2D eigenvalue weighted by Crippen LogP contribution is 2.35. The van der Waals surface area contributed by atoms with Gasteiger partial charge in [0, 0.05) is 11.1 Å². The third-order valence-electron chi connectivity index (χ3n) is 6.09. The molecule has 0 N–H and O–H groups in total. The van der Waals surface area contributed by atoms with Crippen molar-refractivity contribution in [1.82, 2.24) is 15.0 Å². The van der Waals surface area contributed by atoms with Crippen molar-refractivity contribution in [2.24, 2.45) is 0 Å². The van der Waals surface area contributed by atoms with Gasteiger partial charge in [0.05, 0.1) is 0 Å². The van der Waals surface area contributed by atoms with Crippen LogP contribution >= 0.6 is 11.6 Å². The van der Waals surface area contributed by atoms with Crippen molar-refractivity contribution >= 4 is 22.4 Å². The van der Waals surface area contributed by atoms with E-state index in [2.05, 4.69) is 88.8 Å². The van der Waals surface area contributed by atoms with Crippen molar-refractivity contribution in [3.63, 3.8) is 0 Å². The first-order valence-corrected chi connectivity index (χ1v) is 11.8. The largest absolute Gasteiger partial charge is 0.226 e. The molecule has 35 heavy (non-hydrogen) atoms. The Bertz CT molecular complexity index is 1650. The van der Waals surface area contributed by atoms with Crippen molar-refractivity contribution in [3.8, 4) is 45.0 Å². The maximum absolute atomic E-state index is 6.42. The van der Waals surface area contributed by atoms with E-state index in [0.717, 1.165) is 33.0 Å². The number of aromatic nitrogens is 3. The van der Waals surface area contributed by atoms with Crippen LogP contribution in [0.1, 0.15) is 0 Å². The lowest BCUT2D eigenvalue weighted by Crippen LogP contribution is -1.98. The molecule has 3 nitrogen and oxygen atoms in total. The molecular formula is C31H20ClN3. The summed E-state index contributed by atoms with van der Waals surface area (Å²) < 4.78 is 0. The van der Waals surface area contributed by atoms with Gasteiger partial charge in [0.15, 0.2) is 11.6 Å². The lowest BCUT2D eigenvalue weighted by molar-refractivity contribution is 1.07. The summed E-state index contributed by atoms with van der Waals surface area (Å²) in [7, 11) is 0. The molecule has 0 unspecified atom stereocenters. The molecule has 0 saturated heterocycles. The summed E-state index contributed by atoms with van der Waals surface area (Å²) in [5, 5.41) is 2.38. The van der Waals surface area contributed by atoms with Crippen LogP contribution < -0.4 is 0 Å². The van der Waals surface area contributed by atoms with Crippen LogP contribution in [-0.4, -0.2) is 15.0 Å². The van der Waals surface area contributed by atoms with E-state index in [4.69, 9.17) is 16.6 Å². The average Bonchev–Trinajstić information content (AvgIpc) is 2.93. The number of benzene rings is 5. The highest BCUT2D eigenvalue weighted by molar-refractivity contribution is 6.28. The fraction of sp³-hybridized carbons (Fsp3) is 0. The van der Waals surface area contributed by atoms with Gasteiger partial charge in [-0.3, -0.25) is 0 Å². The Labute approximate surface area is 208 Å². The Morgan fingerprint density at radius 3 is 1.69 bits per heavy atom. The Kier molecular flexibility index (Phi) is 5.53. The minimum atomic E-state index is 0.173. The molecule has 0 bridgehead atoms. The normalized spacial score (nSPS) is 11.0. The summed E-state index contributed by atoms with van der Waals surface area (Å²) in [6.07, 6.45) is 0. The molecule has 0 aliphatic rings. The zero-order valence-electron chi connectivity index (χ0n) is 18.8. The minimum Gasteiger partial charge on any atom is -0.208 e. The van der Waals surface area contributed by atoms with Gasteiger partial charge in [0.2, 0.25) is 5.28 Å². The third-order valence-corrected chi connectivity index (χ3v) is 6.25. The van der Waals surface area contributed by atoms with Crippen LogP contribution in [0.15, 0.2) is 121 Å². The summed E-state index contributed by atoms with van der Waals surface area (Å²) in [6.45, 7) is 0. The lowest BCUT2D eigenvalue weighted by Gasteiger charge is -2.12. The number of fused-ring (bicyclic) bond motifs is 1. The van der Waals surface area contributed by atoms with E-state index in [0.29, 0.717) is 11.6 Å². The smallest absolute Gasteiger partial charge is 0.208 e. The lowest BCUT2D eigenvalue weighted by atomic mass is 9.95. The molecule has 0 aliphatic carbocycles. The molecular weight excluding hydrogens is 450 g/mol. The van der Waals surface area contributed by atoms with Gasteiger partial charge in [0.1, 0.15) is 0 Å². The highest BCUT2D eigenvalue weighted by Gasteiger charge is 2.14. The predicted molar refractivity (Wildman–Crippen MR) is 144 cm³/mol. The molecule has 6 aromatic rings. The van der Waals surface area contributed by atoms with Crippen LogP contribution in [0.25, 0.3) is 55.8 Å². The summed E-state index contributed by atoms with van der Waals surface area (Å²) >= 11 is 6.42. The first-order chi connectivity index (χ1) is 17.3. The SMILES string of the molecule is Clc1nc(-c2cccc(-c3ccccc3)c2)nc(-c2ccc(-c3ccccc3)c3ccccc23)n1. The van der Waals surface area contributed by atoms with Crippen LogP contribution in [-0.2, 0) is 0 Å². The molecule has 0 saturated carbocycles. The Morgan fingerprint density at radius 1 is 0.400 bits per heavy atom. The van der Waals surface area contributed by atoms with E-state index in [1.54, 1.807) is 0 Å². The molecule has 0 amide bonds. The van der Waals surface area contributed by atoms with Gasteiger partial charge in [-0.1, -0.05) is 109 Å². The van der Waals surface area contributed by atoms with Crippen LogP contribution in [0.4, 0.5) is 0 Å². The molecule has 1 heterocycles. The van der Waals surface area contributed by atoms with Crippen molar-refractivity contribution in [2.75, 3.05) is 0 Å². The summed E-state index contributed by atoms with van der Waals surface area (Å²) in [5.74, 6) is 1.11. The van der Waals surface area contributed by atoms with Crippen LogP contribution in [0.3, 0.4) is 0 Å². The highest BCUT2D eigenvalue weighted by atomic mass is 35.5. The predicted octanol–water partition coefficient (Wildman–Crippen LogP) is 8.35. The molecule has 5 aromatic carbocycles. The number of rotatable bonds is 4. The maximum atomic E-state index is 6.42. The van der Waals surface area contributed by atoms with E-state index < -0.39 is 0 Å². The van der Waals surface area contributed by atoms with Gasteiger partial charge in [-0.25, -0.2) is 4.98 Å². The third kappa shape index (κ3) is 4.18. The summed E-state index contributed by atoms with van der Waals surface area (Å²) in [5.41, 5.74) is 6.38.